The van der Waals surface area contributed by atoms with E-state index in [1.807, 2.05) is 6.08 Å². The van der Waals surface area contributed by atoms with Crippen molar-refractivity contribution in [3.05, 3.63) is 60.2 Å². The Morgan fingerprint density at radius 3 is 2.10 bits per heavy atom. The van der Waals surface area contributed by atoms with Gasteiger partial charge in [0.2, 0.25) is 6.29 Å². The number of rotatable bonds is 7. The van der Waals surface area contributed by atoms with Crippen molar-refractivity contribution in [3.8, 4) is 17.2 Å². The number of phenolic OH excluding ortho intramolecular Hbond substituents is 2. The van der Waals surface area contributed by atoms with Crippen LogP contribution in [0.25, 0.3) is 6.08 Å². The van der Waals surface area contributed by atoms with Gasteiger partial charge in [0.15, 0.2) is 0 Å². The summed E-state index contributed by atoms with van der Waals surface area (Å²) < 4.78 is 16.6. The molecule has 3 rings (SSSR count). The van der Waals surface area contributed by atoms with Gasteiger partial charge < -0.3 is 39.7 Å². The maximum absolute atomic E-state index is 10.1. The topological polar surface area (TPSA) is 129 Å². The number of aliphatic hydroxyl groups excluding tert-OH is 3. The van der Waals surface area contributed by atoms with Gasteiger partial charge in [-0.05, 0) is 42.0 Å². The molecule has 0 saturated carbocycles. The van der Waals surface area contributed by atoms with Gasteiger partial charge in [0.1, 0.15) is 41.7 Å². The van der Waals surface area contributed by atoms with E-state index in [2.05, 4.69) is 0 Å². The summed E-state index contributed by atoms with van der Waals surface area (Å²) in [6.45, 7) is 0.204. The maximum Gasteiger partial charge on any atom is 0.229 e. The first kappa shape index (κ1) is 21.1. The first-order valence-corrected chi connectivity index (χ1v) is 9.12. The minimum Gasteiger partial charge on any atom is -0.508 e. The fourth-order valence-corrected chi connectivity index (χ4v) is 2.83. The van der Waals surface area contributed by atoms with Crippen LogP contribution in [0.2, 0.25) is 0 Å². The summed E-state index contributed by atoms with van der Waals surface area (Å²) in [4.78, 5) is 0. The van der Waals surface area contributed by atoms with E-state index in [4.69, 9.17) is 14.2 Å². The Balaban J connectivity index is 1.52. The Morgan fingerprint density at radius 2 is 1.45 bits per heavy atom. The lowest BCUT2D eigenvalue weighted by Crippen LogP contribution is -2.60. The maximum atomic E-state index is 10.1. The summed E-state index contributed by atoms with van der Waals surface area (Å²) in [5.41, 5.74) is 0.890. The van der Waals surface area contributed by atoms with Crippen molar-refractivity contribution in [2.45, 2.75) is 30.7 Å². The highest BCUT2D eigenvalue weighted by molar-refractivity contribution is 5.50. The Labute approximate surface area is 167 Å². The molecule has 0 amide bonds. The quantitative estimate of drug-likeness (QED) is 0.433. The molecule has 0 bridgehead atoms. The van der Waals surface area contributed by atoms with Gasteiger partial charge in [-0.2, -0.15) is 0 Å². The molecule has 0 radical (unpaired) electrons. The SMILES string of the molecule is Oc1ccc(C=CCOC[C@H]2O[C@@H](Oc3ccc(O)cc3)[C@H](O)[C@@H](O)[C@@H]2O)cc1. The van der Waals surface area contributed by atoms with Gasteiger partial charge in [-0.15, -0.1) is 0 Å². The molecule has 8 nitrogen and oxygen atoms in total. The summed E-state index contributed by atoms with van der Waals surface area (Å²) >= 11 is 0. The minimum atomic E-state index is -1.47. The summed E-state index contributed by atoms with van der Waals surface area (Å²) in [5, 5.41) is 48.9. The molecule has 0 spiro atoms. The van der Waals surface area contributed by atoms with Crippen LogP contribution >= 0.6 is 0 Å². The van der Waals surface area contributed by atoms with Crippen LogP contribution in [0.5, 0.6) is 17.2 Å². The zero-order chi connectivity index (χ0) is 20.8. The zero-order valence-corrected chi connectivity index (χ0v) is 15.5. The highest BCUT2D eigenvalue weighted by atomic mass is 16.7. The van der Waals surface area contributed by atoms with Crippen molar-refractivity contribution < 1.29 is 39.7 Å². The molecule has 0 aliphatic carbocycles. The number of aromatic hydroxyl groups is 2. The Kier molecular flexibility index (Phi) is 7.08. The van der Waals surface area contributed by atoms with Crippen LogP contribution < -0.4 is 4.74 Å². The zero-order valence-electron chi connectivity index (χ0n) is 15.5. The molecule has 1 fully saturated rings. The molecular weight excluding hydrogens is 380 g/mol. The molecule has 5 N–H and O–H groups in total. The lowest BCUT2D eigenvalue weighted by molar-refractivity contribution is -0.279. The molecular formula is C21H24O8. The number of hydrogen-bond donors (Lipinski definition) is 5. The average molecular weight is 404 g/mol. The molecule has 1 heterocycles. The molecule has 29 heavy (non-hydrogen) atoms. The number of phenols is 2. The third-order valence-corrected chi connectivity index (χ3v) is 4.46. The summed E-state index contributed by atoms with van der Waals surface area (Å²) in [5.74, 6) is 0.572. The lowest BCUT2D eigenvalue weighted by atomic mass is 9.99. The van der Waals surface area contributed by atoms with E-state index in [0.717, 1.165) is 5.56 Å². The van der Waals surface area contributed by atoms with Crippen molar-refractivity contribution >= 4 is 6.08 Å². The van der Waals surface area contributed by atoms with E-state index in [1.54, 1.807) is 30.3 Å². The van der Waals surface area contributed by atoms with E-state index >= 15 is 0 Å². The molecule has 8 heteroatoms. The van der Waals surface area contributed by atoms with Crippen molar-refractivity contribution in [1.29, 1.82) is 0 Å². The molecule has 1 saturated heterocycles. The van der Waals surface area contributed by atoms with Gasteiger partial charge in [-0.1, -0.05) is 24.3 Å². The molecule has 5 atom stereocenters. The molecule has 156 valence electrons. The standard InChI is InChI=1S/C21H24O8/c22-14-5-3-13(4-6-14)2-1-11-27-12-17-18(24)19(25)20(26)21(29-17)28-16-9-7-15(23)8-10-16/h1-10,17-26H,11-12H2/t17-,18-,19+,20-,21-/m1/s1. The number of aliphatic hydroxyl groups is 3. The average Bonchev–Trinajstić information content (AvgIpc) is 2.72. The fraction of sp³-hybridized carbons (Fsp3) is 0.333. The van der Waals surface area contributed by atoms with E-state index in [0.29, 0.717) is 5.75 Å². The van der Waals surface area contributed by atoms with E-state index < -0.39 is 30.7 Å². The Hall–Kier alpha value is -2.62. The van der Waals surface area contributed by atoms with Crippen molar-refractivity contribution in [2.75, 3.05) is 13.2 Å². The second-order valence-corrected chi connectivity index (χ2v) is 6.66. The normalized spacial score (nSPS) is 27.2. The first-order chi connectivity index (χ1) is 13.9. The molecule has 2 aromatic carbocycles. The van der Waals surface area contributed by atoms with Gasteiger partial charge in [-0.25, -0.2) is 0 Å². The van der Waals surface area contributed by atoms with Crippen LogP contribution in [0.4, 0.5) is 0 Å². The predicted octanol–water partition coefficient (Wildman–Crippen LogP) is 1.01. The molecule has 1 aliphatic rings. The number of benzene rings is 2. The van der Waals surface area contributed by atoms with Crippen LogP contribution in [0, 0.1) is 0 Å². The van der Waals surface area contributed by atoms with Crippen LogP contribution in [-0.4, -0.2) is 69.5 Å². The molecule has 2 aromatic rings. The Bertz CT molecular complexity index is 789. The monoisotopic (exact) mass is 404 g/mol. The predicted molar refractivity (Wildman–Crippen MR) is 103 cm³/mol. The summed E-state index contributed by atoms with van der Waals surface area (Å²) in [7, 11) is 0. The first-order valence-electron chi connectivity index (χ1n) is 9.12. The van der Waals surface area contributed by atoms with Crippen LogP contribution in [0.3, 0.4) is 0 Å². The van der Waals surface area contributed by atoms with Gasteiger partial charge in [0.25, 0.3) is 0 Å². The lowest BCUT2D eigenvalue weighted by Gasteiger charge is -2.40. The van der Waals surface area contributed by atoms with Crippen LogP contribution in [0.1, 0.15) is 5.56 Å². The summed E-state index contributed by atoms with van der Waals surface area (Å²) in [6, 6.07) is 12.5. The highest BCUT2D eigenvalue weighted by Gasteiger charge is 2.45. The molecule has 0 unspecified atom stereocenters. The summed E-state index contributed by atoms with van der Waals surface area (Å²) in [6.07, 6.45) is -2.80. The van der Waals surface area contributed by atoms with Crippen molar-refractivity contribution in [1.82, 2.24) is 0 Å². The number of ether oxygens (including phenoxy) is 3. The van der Waals surface area contributed by atoms with Gasteiger partial charge >= 0.3 is 0 Å². The second-order valence-electron chi connectivity index (χ2n) is 6.66. The third-order valence-electron chi connectivity index (χ3n) is 4.46. The van der Waals surface area contributed by atoms with Crippen molar-refractivity contribution in [2.24, 2.45) is 0 Å². The smallest absolute Gasteiger partial charge is 0.229 e. The van der Waals surface area contributed by atoms with E-state index in [-0.39, 0.29) is 24.7 Å². The second kappa shape index (κ2) is 9.73. The van der Waals surface area contributed by atoms with Crippen LogP contribution in [-0.2, 0) is 9.47 Å². The minimum absolute atomic E-state index is 0.0275. The van der Waals surface area contributed by atoms with Gasteiger partial charge in [0, 0.05) is 0 Å². The fourth-order valence-electron chi connectivity index (χ4n) is 2.83. The van der Waals surface area contributed by atoms with Crippen LogP contribution in [0.15, 0.2) is 54.6 Å². The van der Waals surface area contributed by atoms with E-state index in [1.165, 1.54) is 24.3 Å². The number of hydrogen-bond acceptors (Lipinski definition) is 8. The molecule has 0 aromatic heterocycles. The highest BCUT2D eigenvalue weighted by Crippen LogP contribution is 2.25. The van der Waals surface area contributed by atoms with Gasteiger partial charge in [-0.3, -0.25) is 0 Å². The van der Waals surface area contributed by atoms with E-state index in [9.17, 15) is 25.5 Å². The third kappa shape index (κ3) is 5.69. The Morgan fingerprint density at radius 1 is 0.828 bits per heavy atom. The largest absolute Gasteiger partial charge is 0.508 e. The van der Waals surface area contributed by atoms with Gasteiger partial charge in [0.05, 0.1) is 13.2 Å². The van der Waals surface area contributed by atoms with Crippen molar-refractivity contribution in [3.63, 3.8) is 0 Å². The molecule has 1 aliphatic heterocycles.